The van der Waals surface area contributed by atoms with Gasteiger partial charge in [-0.2, -0.15) is 0 Å². The molecule has 0 spiro atoms. The van der Waals surface area contributed by atoms with Gasteiger partial charge in [0.05, 0.1) is 0 Å². The number of unbranched alkanes of at least 4 members (excludes halogenated alkanes) is 2. The monoisotopic (exact) mass is 167 g/mol. The third-order valence-corrected chi connectivity index (χ3v) is 1.60. The average molecular weight is 167 g/mol. The molecule has 68 valence electrons. The molecule has 0 fully saturated rings. The summed E-state index contributed by atoms with van der Waals surface area (Å²) in [4.78, 5) is 11.1. The van der Waals surface area contributed by atoms with Gasteiger partial charge in [0.25, 0.3) is 5.91 Å². The van der Waals surface area contributed by atoms with Crippen LogP contribution in [0.5, 0.6) is 0 Å². The summed E-state index contributed by atoms with van der Waals surface area (Å²) in [6, 6.07) is 0. The van der Waals surface area contributed by atoms with Crippen molar-refractivity contribution in [2.75, 3.05) is 6.54 Å². The van der Waals surface area contributed by atoms with Crippen LogP contribution in [0.4, 0.5) is 0 Å². The van der Waals surface area contributed by atoms with Crippen LogP contribution in [0.25, 0.3) is 0 Å². The molecule has 0 aromatic heterocycles. The van der Waals surface area contributed by atoms with Gasteiger partial charge in [-0.15, -0.1) is 0 Å². The number of rotatable bonds is 6. The Bertz CT molecular complexity index is 173. The van der Waals surface area contributed by atoms with Crippen LogP contribution in [0.3, 0.4) is 0 Å². The molecule has 0 aliphatic rings. The van der Waals surface area contributed by atoms with Crippen molar-refractivity contribution >= 4 is 5.91 Å². The van der Waals surface area contributed by atoms with Gasteiger partial charge in [-0.25, -0.2) is 0 Å². The first-order chi connectivity index (χ1) is 5.72. The summed E-state index contributed by atoms with van der Waals surface area (Å²) in [6.45, 7) is 9.87. The minimum Gasteiger partial charge on any atom is -0.352 e. The molecule has 0 saturated carbocycles. The van der Waals surface area contributed by atoms with E-state index in [0.29, 0.717) is 5.57 Å². The van der Waals surface area contributed by atoms with E-state index in [1.54, 1.807) is 0 Å². The molecule has 0 atom stereocenters. The van der Waals surface area contributed by atoms with Crippen molar-refractivity contribution in [3.8, 4) is 0 Å². The van der Waals surface area contributed by atoms with Crippen molar-refractivity contribution in [2.45, 2.75) is 26.2 Å². The van der Waals surface area contributed by atoms with Crippen LogP contribution >= 0.6 is 0 Å². The van der Waals surface area contributed by atoms with Crippen molar-refractivity contribution in [2.24, 2.45) is 0 Å². The number of amides is 1. The Morgan fingerprint density at radius 1 is 1.50 bits per heavy atom. The largest absolute Gasteiger partial charge is 0.352 e. The minimum absolute atomic E-state index is 0.110. The first-order valence-corrected chi connectivity index (χ1v) is 4.32. The minimum atomic E-state index is -0.110. The standard InChI is InChI=1S/C10H17NO/c1-4-6-7-8-11-10(12)9(3)5-2/h5H,2-4,6-8H2,1H3,(H,11,12). The maximum atomic E-state index is 11.1. The summed E-state index contributed by atoms with van der Waals surface area (Å²) < 4.78 is 0. The highest BCUT2D eigenvalue weighted by Gasteiger charge is 2.00. The summed E-state index contributed by atoms with van der Waals surface area (Å²) in [6.07, 6.45) is 4.82. The van der Waals surface area contributed by atoms with Gasteiger partial charge in [0.1, 0.15) is 0 Å². The highest BCUT2D eigenvalue weighted by Crippen LogP contribution is 1.93. The predicted octanol–water partition coefficient (Wildman–Crippen LogP) is 2.04. The van der Waals surface area contributed by atoms with Crippen LogP contribution in [0.1, 0.15) is 26.2 Å². The fourth-order valence-electron chi connectivity index (χ4n) is 0.783. The molecule has 0 aliphatic carbocycles. The van der Waals surface area contributed by atoms with Gasteiger partial charge in [0, 0.05) is 12.1 Å². The van der Waals surface area contributed by atoms with Crippen molar-refractivity contribution < 1.29 is 4.79 Å². The Balaban J connectivity index is 3.44. The van der Waals surface area contributed by atoms with Crippen molar-refractivity contribution in [1.82, 2.24) is 5.32 Å². The molecule has 0 radical (unpaired) electrons. The van der Waals surface area contributed by atoms with Crippen molar-refractivity contribution in [3.05, 3.63) is 24.8 Å². The number of carbonyl (C=O) groups excluding carboxylic acids is 1. The van der Waals surface area contributed by atoms with E-state index in [9.17, 15) is 4.79 Å². The Labute approximate surface area is 74.4 Å². The SMILES string of the molecule is C=CC(=C)C(=O)NCCCCC. The number of carbonyl (C=O) groups is 1. The molecule has 2 nitrogen and oxygen atoms in total. The highest BCUT2D eigenvalue weighted by molar-refractivity contribution is 5.95. The summed E-state index contributed by atoms with van der Waals surface area (Å²) in [5.41, 5.74) is 0.437. The van der Waals surface area contributed by atoms with Crippen LogP contribution in [0, 0.1) is 0 Å². The van der Waals surface area contributed by atoms with E-state index in [0.717, 1.165) is 25.8 Å². The molecule has 0 aromatic rings. The fraction of sp³-hybridized carbons (Fsp3) is 0.500. The molecule has 0 unspecified atom stereocenters. The first-order valence-electron chi connectivity index (χ1n) is 4.32. The molecule has 0 aliphatic heterocycles. The van der Waals surface area contributed by atoms with Gasteiger partial charge < -0.3 is 5.32 Å². The van der Waals surface area contributed by atoms with Crippen molar-refractivity contribution in [1.29, 1.82) is 0 Å². The Morgan fingerprint density at radius 2 is 2.17 bits per heavy atom. The summed E-state index contributed by atoms with van der Waals surface area (Å²) >= 11 is 0. The maximum Gasteiger partial charge on any atom is 0.250 e. The van der Waals surface area contributed by atoms with E-state index in [1.807, 2.05) is 0 Å². The summed E-state index contributed by atoms with van der Waals surface area (Å²) in [5, 5.41) is 2.76. The topological polar surface area (TPSA) is 29.1 Å². The molecule has 0 saturated heterocycles. The zero-order chi connectivity index (χ0) is 9.40. The molecule has 0 rings (SSSR count). The summed E-state index contributed by atoms with van der Waals surface area (Å²) in [7, 11) is 0. The van der Waals surface area contributed by atoms with E-state index < -0.39 is 0 Å². The van der Waals surface area contributed by atoms with E-state index >= 15 is 0 Å². The van der Waals surface area contributed by atoms with Crippen molar-refractivity contribution in [3.63, 3.8) is 0 Å². The predicted molar refractivity (Wildman–Crippen MR) is 51.9 cm³/mol. The molecule has 0 bridgehead atoms. The van der Waals surface area contributed by atoms with Gasteiger partial charge in [-0.05, 0) is 6.42 Å². The molecule has 1 N–H and O–H groups in total. The van der Waals surface area contributed by atoms with Gasteiger partial charge in [0.15, 0.2) is 0 Å². The van der Waals surface area contributed by atoms with Gasteiger partial charge in [-0.1, -0.05) is 39.0 Å². The number of hydrogen-bond donors (Lipinski definition) is 1. The van der Waals surface area contributed by atoms with Crippen LogP contribution < -0.4 is 5.32 Å². The lowest BCUT2D eigenvalue weighted by atomic mass is 10.2. The van der Waals surface area contributed by atoms with E-state index in [1.165, 1.54) is 6.08 Å². The number of hydrogen-bond acceptors (Lipinski definition) is 1. The third-order valence-electron chi connectivity index (χ3n) is 1.60. The normalized spacial score (nSPS) is 9.08. The molecule has 12 heavy (non-hydrogen) atoms. The second-order valence-corrected chi connectivity index (χ2v) is 2.69. The molecular weight excluding hydrogens is 150 g/mol. The van der Waals surface area contributed by atoms with Gasteiger partial charge in [0.2, 0.25) is 0 Å². The molecule has 2 heteroatoms. The molecule has 1 amide bonds. The van der Waals surface area contributed by atoms with E-state index in [2.05, 4.69) is 25.4 Å². The zero-order valence-corrected chi connectivity index (χ0v) is 7.73. The first kappa shape index (κ1) is 11.0. The lowest BCUT2D eigenvalue weighted by molar-refractivity contribution is -0.117. The second-order valence-electron chi connectivity index (χ2n) is 2.69. The van der Waals surface area contributed by atoms with E-state index in [4.69, 9.17) is 0 Å². The maximum absolute atomic E-state index is 11.1. The molecule has 0 aromatic carbocycles. The van der Waals surface area contributed by atoms with Crippen LogP contribution in [-0.2, 0) is 4.79 Å². The average Bonchev–Trinajstić information content (AvgIpc) is 2.10. The van der Waals surface area contributed by atoms with Crippen LogP contribution in [0.15, 0.2) is 24.8 Å². The lowest BCUT2D eigenvalue weighted by Crippen LogP contribution is -2.24. The fourth-order valence-corrected chi connectivity index (χ4v) is 0.783. The van der Waals surface area contributed by atoms with Gasteiger partial charge >= 0.3 is 0 Å². The van der Waals surface area contributed by atoms with Crippen LogP contribution in [0.2, 0.25) is 0 Å². The van der Waals surface area contributed by atoms with Gasteiger partial charge in [-0.3, -0.25) is 4.79 Å². The second kappa shape index (κ2) is 6.65. The third kappa shape index (κ3) is 4.72. The lowest BCUT2D eigenvalue weighted by Gasteiger charge is -2.03. The highest BCUT2D eigenvalue weighted by atomic mass is 16.1. The number of nitrogens with one attached hydrogen (secondary N) is 1. The van der Waals surface area contributed by atoms with Crippen LogP contribution in [-0.4, -0.2) is 12.5 Å². The Hall–Kier alpha value is -1.05. The van der Waals surface area contributed by atoms with E-state index in [-0.39, 0.29) is 5.91 Å². The Morgan fingerprint density at radius 3 is 2.67 bits per heavy atom. The molecule has 0 heterocycles. The zero-order valence-electron chi connectivity index (χ0n) is 7.73. The quantitative estimate of drug-likeness (QED) is 0.366. The molecular formula is C10H17NO. The smallest absolute Gasteiger partial charge is 0.250 e. The summed E-state index contributed by atoms with van der Waals surface area (Å²) in [5.74, 6) is -0.110. The Kier molecular flexibility index (Phi) is 6.07.